The van der Waals surface area contributed by atoms with E-state index in [0.29, 0.717) is 23.4 Å². The Hall–Kier alpha value is -7.17. The summed E-state index contributed by atoms with van der Waals surface area (Å²) in [5.74, 6) is 2.21. The van der Waals surface area contributed by atoms with Crippen molar-refractivity contribution < 1.29 is 0 Å². The van der Waals surface area contributed by atoms with Crippen molar-refractivity contribution in [2.24, 2.45) is 0 Å². The van der Waals surface area contributed by atoms with Crippen LogP contribution in [0.2, 0.25) is 0 Å². The van der Waals surface area contributed by atoms with Crippen molar-refractivity contribution >= 4 is 59.7 Å². The van der Waals surface area contributed by atoms with E-state index < -0.39 is 0 Å². The predicted molar refractivity (Wildman–Crippen MR) is 248 cm³/mol. The van der Waals surface area contributed by atoms with Crippen molar-refractivity contribution in [2.75, 3.05) is 0 Å². The van der Waals surface area contributed by atoms with Crippen molar-refractivity contribution in [3.63, 3.8) is 0 Å². The first-order valence-electron chi connectivity index (χ1n) is 20.5. The second-order valence-electron chi connectivity index (χ2n) is 16.3. The Bertz CT molecular complexity index is 3320. The Morgan fingerprint density at radius 1 is 0.661 bits per heavy atom. The maximum Gasteiger partial charge on any atom is 0.164 e. The molecule has 0 N–H and O–H groups in total. The maximum absolute atomic E-state index is 5.12. The van der Waals surface area contributed by atoms with E-state index in [1.165, 1.54) is 65.3 Å². The first kappa shape index (κ1) is 35.0. The van der Waals surface area contributed by atoms with Gasteiger partial charge in [0.15, 0.2) is 17.5 Å². The topological polar surface area (TPSA) is 43.6 Å². The normalized spacial score (nSPS) is 16.1. The molecule has 0 bridgehead atoms. The number of hydrogen-bond acceptors (Lipinski definition) is 3. The number of allylic oxidation sites excluding steroid dienone is 9. The highest BCUT2D eigenvalue weighted by atomic mass is 15.0. The summed E-state index contributed by atoms with van der Waals surface area (Å²) in [6, 6.07) is 46.5. The van der Waals surface area contributed by atoms with Crippen LogP contribution in [0, 0.1) is 0 Å². The van der Waals surface area contributed by atoms with Crippen molar-refractivity contribution in [2.45, 2.75) is 38.5 Å². The molecule has 0 aliphatic heterocycles. The molecule has 2 aliphatic carbocycles. The fourth-order valence-electron chi connectivity index (χ4n) is 9.87. The number of benzene rings is 7. The van der Waals surface area contributed by atoms with Gasteiger partial charge >= 0.3 is 0 Å². The molecule has 2 aromatic heterocycles. The average Bonchev–Trinajstić information content (AvgIpc) is 3.73. The van der Waals surface area contributed by atoms with Gasteiger partial charge in [-0.3, -0.25) is 0 Å². The molecule has 0 saturated heterocycles. The minimum atomic E-state index is -0.0810. The monoisotopic (exact) mass is 758 g/mol. The van der Waals surface area contributed by atoms with Crippen molar-refractivity contribution in [1.29, 1.82) is 0 Å². The predicted octanol–water partition coefficient (Wildman–Crippen LogP) is 14.2. The highest BCUT2D eigenvalue weighted by Gasteiger charge is 2.42. The molecule has 59 heavy (non-hydrogen) atoms. The maximum atomic E-state index is 5.12. The lowest BCUT2D eigenvalue weighted by molar-refractivity contribution is 0.612. The van der Waals surface area contributed by atoms with Gasteiger partial charge in [-0.15, -0.1) is 0 Å². The van der Waals surface area contributed by atoms with E-state index in [1.54, 1.807) is 0 Å². The summed E-state index contributed by atoms with van der Waals surface area (Å²) in [7, 11) is 0. The van der Waals surface area contributed by atoms with Gasteiger partial charge in [0.25, 0.3) is 0 Å². The highest BCUT2D eigenvalue weighted by Crippen LogP contribution is 2.54. The third kappa shape index (κ3) is 5.40. The quantitative estimate of drug-likeness (QED) is 0.125. The molecule has 9 aromatic rings. The van der Waals surface area contributed by atoms with E-state index in [1.807, 2.05) is 61.6 Å². The minimum absolute atomic E-state index is 0.0810. The highest BCUT2D eigenvalue weighted by molar-refractivity contribution is 6.25. The van der Waals surface area contributed by atoms with E-state index in [4.69, 9.17) is 15.0 Å². The van der Waals surface area contributed by atoms with Gasteiger partial charge in [-0.2, -0.15) is 0 Å². The van der Waals surface area contributed by atoms with Crippen LogP contribution >= 0.6 is 0 Å². The lowest BCUT2D eigenvalue weighted by Gasteiger charge is -2.25. The standard InChI is InChI=1S/C55H42N4/c1-5-7-17-34(6-2)52-56-53(35-18-9-8-10-19-35)58-54(57-52)36-26-29-50-46(30-36)47-32-45-43-24-15-16-25-48(43)55(3,4)49(45)33-51(47)59(50)37-27-28-42-40-22-12-11-20-38(40)39-21-13-14-23-41(39)44(42)31-37/h5-23,25-33,43H,2,24H2,1,3-4H3/b7-5-,34-17+. The molecule has 0 amide bonds. The second kappa shape index (κ2) is 13.5. The molecular formula is C55H42N4. The molecule has 0 fully saturated rings. The Morgan fingerprint density at radius 2 is 1.32 bits per heavy atom. The molecule has 1 unspecified atom stereocenters. The summed E-state index contributed by atoms with van der Waals surface area (Å²) in [6.45, 7) is 10.9. The van der Waals surface area contributed by atoms with Crippen LogP contribution in [0.4, 0.5) is 0 Å². The van der Waals surface area contributed by atoms with Crippen LogP contribution in [0.15, 0.2) is 182 Å². The number of aromatic nitrogens is 4. The average molecular weight is 759 g/mol. The van der Waals surface area contributed by atoms with Gasteiger partial charge in [-0.1, -0.05) is 153 Å². The van der Waals surface area contributed by atoms with Gasteiger partial charge in [0, 0.05) is 44.5 Å². The van der Waals surface area contributed by atoms with Gasteiger partial charge < -0.3 is 4.57 Å². The largest absolute Gasteiger partial charge is 0.309 e. The molecule has 0 spiro atoms. The fraction of sp³-hybridized carbons (Fsp3) is 0.109. The van der Waals surface area contributed by atoms with E-state index in [2.05, 4.69) is 140 Å². The van der Waals surface area contributed by atoms with Crippen LogP contribution in [0.3, 0.4) is 0 Å². The van der Waals surface area contributed by atoms with Gasteiger partial charge in [0.2, 0.25) is 0 Å². The molecule has 4 nitrogen and oxygen atoms in total. The van der Waals surface area contributed by atoms with Gasteiger partial charge in [0.05, 0.1) is 11.0 Å². The van der Waals surface area contributed by atoms with Crippen LogP contribution < -0.4 is 0 Å². The van der Waals surface area contributed by atoms with Crippen LogP contribution in [0.5, 0.6) is 0 Å². The van der Waals surface area contributed by atoms with Crippen molar-refractivity contribution in [1.82, 2.24) is 19.5 Å². The Kier molecular flexibility index (Phi) is 7.99. The molecule has 282 valence electrons. The third-order valence-corrected chi connectivity index (χ3v) is 12.7. The summed E-state index contributed by atoms with van der Waals surface area (Å²) in [6.07, 6.45) is 15.7. The van der Waals surface area contributed by atoms with Gasteiger partial charge in [0.1, 0.15) is 0 Å². The van der Waals surface area contributed by atoms with Crippen molar-refractivity contribution in [3.05, 3.63) is 199 Å². The molecule has 2 heterocycles. The van der Waals surface area contributed by atoms with E-state index in [0.717, 1.165) is 34.3 Å². The number of rotatable bonds is 6. The molecule has 2 aliphatic rings. The first-order chi connectivity index (χ1) is 28.9. The summed E-state index contributed by atoms with van der Waals surface area (Å²) in [4.78, 5) is 15.2. The molecule has 0 radical (unpaired) electrons. The van der Waals surface area contributed by atoms with Crippen LogP contribution in [0.1, 0.15) is 50.1 Å². The van der Waals surface area contributed by atoms with E-state index in [9.17, 15) is 0 Å². The number of fused-ring (bicyclic) bond motifs is 12. The van der Waals surface area contributed by atoms with Crippen molar-refractivity contribution in [3.8, 4) is 28.5 Å². The zero-order valence-corrected chi connectivity index (χ0v) is 33.4. The molecule has 7 aromatic carbocycles. The summed E-state index contributed by atoms with van der Waals surface area (Å²) in [5, 5.41) is 10.0. The van der Waals surface area contributed by atoms with Crippen LogP contribution in [-0.2, 0) is 5.41 Å². The fourth-order valence-corrected chi connectivity index (χ4v) is 9.87. The molecule has 0 saturated carbocycles. The Labute approximate surface area is 343 Å². The second-order valence-corrected chi connectivity index (χ2v) is 16.3. The van der Waals surface area contributed by atoms with Gasteiger partial charge in [-0.05, 0) is 99.3 Å². The van der Waals surface area contributed by atoms with Gasteiger partial charge in [-0.25, -0.2) is 15.0 Å². The van der Waals surface area contributed by atoms with Crippen LogP contribution in [-0.4, -0.2) is 19.5 Å². The molecule has 4 heteroatoms. The number of hydrogen-bond donors (Lipinski definition) is 0. The minimum Gasteiger partial charge on any atom is -0.309 e. The summed E-state index contributed by atoms with van der Waals surface area (Å²) >= 11 is 0. The summed E-state index contributed by atoms with van der Waals surface area (Å²) < 4.78 is 2.48. The molecule has 11 rings (SSSR count). The Balaban J connectivity index is 1.19. The lowest BCUT2D eigenvalue weighted by atomic mass is 9.79. The Morgan fingerprint density at radius 3 is 2.03 bits per heavy atom. The zero-order valence-electron chi connectivity index (χ0n) is 33.4. The first-order valence-corrected chi connectivity index (χ1v) is 20.5. The SMILES string of the molecule is C=C/C(=C\C=C/C)c1nc(-c2ccccc2)nc(-c2ccc3c(c2)c2cc4c(cc2n3-c2ccc3c5ccccc5c5ccccc5c3c2)C(C)(C)C2=CC=CCC24)n1. The molecule has 1 atom stereocenters. The summed E-state index contributed by atoms with van der Waals surface area (Å²) in [5.41, 5.74) is 10.4. The molecular weight excluding hydrogens is 717 g/mol. The van der Waals surface area contributed by atoms with E-state index in [-0.39, 0.29) is 5.41 Å². The third-order valence-electron chi connectivity index (χ3n) is 12.7. The van der Waals surface area contributed by atoms with E-state index >= 15 is 0 Å². The lowest BCUT2D eigenvalue weighted by Crippen LogP contribution is -2.17. The smallest absolute Gasteiger partial charge is 0.164 e. The number of nitrogens with zero attached hydrogens (tertiary/aromatic N) is 4. The zero-order chi connectivity index (χ0) is 39.8. The van der Waals surface area contributed by atoms with Crippen LogP contribution in [0.25, 0.3) is 88.2 Å².